The molecule has 1 N–H and O–H groups in total. The van der Waals surface area contributed by atoms with Gasteiger partial charge in [-0.1, -0.05) is 35.9 Å². The zero-order chi connectivity index (χ0) is 22.8. The molecule has 3 rings (SSSR count). The molecule has 1 saturated heterocycles. The number of rotatable bonds is 6. The van der Waals surface area contributed by atoms with Gasteiger partial charge in [-0.15, -0.1) is 0 Å². The van der Waals surface area contributed by atoms with Gasteiger partial charge in [0.05, 0.1) is 15.9 Å². The van der Waals surface area contributed by atoms with Gasteiger partial charge in [-0.3, -0.25) is 14.9 Å². The number of aryl methyl sites for hydroxylation is 2. The van der Waals surface area contributed by atoms with Crippen molar-refractivity contribution in [2.45, 2.75) is 44.6 Å². The van der Waals surface area contributed by atoms with Gasteiger partial charge in [-0.05, 0) is 44.7 Å². The number of nitrogens with zero attached hydrogens (tertiary/aromatic N) is 2. The summed E-state index contributed by atoms with van der Waals surface area (Å²) in [6.07, 6.45) is 0.805. The molecule has 1 amide bonds. The Morgan fingerprint density at radius 1 is 1.13 bits per heavy atom. The van der Waals surface area contributed by atoms with E-state index < -0.39 is 14.9 Å². The van der Waals surface area contributed by atoms with E-state index >= 15 is 0 Å². The smallest absolute Gasteiger partial charge is 0.270 e. The Bertz CT molecular complexity index is 1070. The highest BCUT2D eigenvalue weighted by Gasteiger charge is 2.34. The average Bonchev–Trinajstić information content (AvgIpc) is 2.74. The van der Waals surface area contributed by atoms with E-state index in [1.165, 1.54) is 16.4 Å². The van der Waals surface area contributed by atoms with E-state index in [-0.39, 0.29) is 41.5 Å². The van der Waals surface area contributed by atoms with Crippen LogP contribution in [0.15, 0.2) is 47.4 Å². The summed E-state index contributed by atoms with van der Waals surface area (Å²) in [5.41, 5.74) is 2.36. The van der Waals surface area contributed by atoms with Crippen LogP contribution in [0, 0.1) is 29.9 Å². The molecule has 0 saturated carbocycles. The van der Waals surface area contributed by atoms with Gasteiger partial charge >= 0.3 is 0 Å². The second kappa shape index (κ2) is 9.15. The number of piperidine rings is 1. The van der Waals surface area contributed by atoms with Crippen molar-refractivity contribution < 1.29 is 18.1 Å². The molecule has 1 aliphatic heterocycles. The Labute approximate surface area is 182 Å². The number of amides is 1. The van der Waals surface area contributed by atoms with Gasteiger partial charge in [0.25, 0.3) is 5.69 Å². The van der Waals surface area contributed by atoms with E-state index in [9.17, 15) is 23.3 Å². The van der Waals surface area contributed by atoms with Crippen molar-refractivity contribution in [3.05, 3.63) is 69.3 Å². The minimum Gasteiger partial charge on any atom is -0.349 e. The summed E-state index contributed by atoms with van der Waals surface area (Å²) in [7, 11) is -3.87. The van der Waals surface area contributed by atoms with E-state index in [0.717, 1.165) is 17.2 Å². The second-order valence-electron chi connectivity index (χ2n) is 8.03. The summed E-state index contributed by atoms with van der Waals surface area (Å²) in [5, 5.41) is 14.1. The third-order valence-electron chi connectivity index (χ3n) is 5.76. The summed E-state index contributed by atoms with van der Waals surface area (Å²) in [6.45, 7) is 5.93. The van der Waals surface area contributed by atoms with Gasteiger partial charge in [-0.2, -0.15) is 4.31 Å². The quantitative estimate of drug-likeness (QED) is 0.541. The van der Waals surface area contributed by atoms with Crippen molar-refractivity contribution in [2.75, 3.05) is 13.1 Å². The first-order valence-electron chi connectivity index (χ1n) is 10.2. The Morgan fingerprint density at radius 2 is 1.74 bits per heavy atom. The molecule has 2 aromatic carbocycles. The highest BCUT2D eigenvalue weighted by molar-refractivity contribution is 7.89. The second-order valence-corrected chi connectivity index (χ2v) is 9.93. The molecule has 0 radical (unpaired) electrons. The fourth-order valence-corrected chi connectivity index (χ4v) is 5.46. The maximum absolute atomic E-state index is 13.1. The molecule has 1 heterocycles. The molecule has 8 nitrogen and oxygen atoms in total. The number of non-ortho nitro benzene ring substituents is 1. The van der Waals surface area contributed by atoms with Crippen molar-refractivity contribution in [3.63, 3.8) is 0 Å². The lowest BCUT2D eigenvalue weighted by Crippen LogP contribution is -2.43. The average molecular weight is 446 g/mol. The first-order valence-corrected chi connectivity index (χ1v) is 11.7. The highest BCUT2D eigenvalue weighted by Crippen LogP contribution is 2.28. The molecule has 1 unspecified atom stereocenters. The van der Waals surface area contributed by atoms with Crippen molar-refractivity contribution in [1.29, 1.82) is 0 Å². The van der Waals surface area contributed by atoms with Crippen LogP contribution in [0.4, 0.5) is 5.69 Å². The van der Waals surface area contributed by atoms with Gasteiger partial charge in [0.1, 0.15) is 0 Å². The maximum Gasteiger partial charge on any atom is 0.270 e. The van der Waals surface area contributed by atoms with Gasteiger partial charge in [0.15, 0.2) is 0 Å². The summed E-state index contributed by atoms with van der Waals surface area (Å²) in [4.78, 5) is 23.1. The zero-order valence-electron chi connectivity index (χ0n) is 17.9. The standard InChI is InChI=1S/C22H27N3O5S/c1-15-4-7-18(8-5-15)17(3)23-22(26)19-10-12-24(13-11-19)31(29,30)21-14-20(25(27)28)9-6-16(21)2/h4-9,14,17,19H,10-13H2,1-3H3,(H,23,26). The van der Waals surface area contributed by atoms with Gasteiger partial charge in [0.2, 0.25) is 15.9 Å². The van der Waals surface area contributed by atoms with Crippen LogP contribution in [0.1, 0.15) is 42.5 Å². The van der Waals surface area contributed by atoms with Crippen LogP contribution in [-0.2, 0) is 14.8 Å². The van der Waals surface area contributed by atoms with E-state index in [0.29, 0.717) is 18.4 Å². The highest BCUT2D eigenvalue weighted by atomic mass is 32.2. The number of nitrogens with one attached hydrogen (secondary N) is 1. The molecule has 31 heavy (non-hydrogen) atoms. The van der Waals surface area contributed by atoms with Crippen molar-refractivity contribution in [3.8, 4) is 0 Å². The number of carbonyl (C=O) groups excluding carboxylic acids is 1. The SMILES string of the molecule is Cc1ccc(C(C)NC(=O)C2CCN(S(=O)(=O)c3cc([N+](=O)[O-])ccc3C)CC2)cc1. The minimum absolute atomic E-state index is 0.0578. The predicted octanol–water partition coefficient (Wildman–Crippen LogP) is 3.49. The molecule has 1 atom stereocenters. The summed E-state index contributed by atoms with van der Waals surface area (Å²) >= 11 is 0. The number of nitro benzene ring substituents is 1. The van der Waals surface area contributed by atoms with E-state index in [2.05, 4.69) is 5.32 Å². The fourth-order valence-electron chi connectivity index (χ4n) is 3.75. The molecule has 0 aliphatic carbocycles. The van der Waals surface area contributed by atoms with Gasteiger partial charge in [0, 0.05) is 31.1 Å². The topological polar surface area (TPSA) is 110 Å². The van der Waals surface area contributed by atoms with Crippen molar-refractivity contribution in [2.24, 2.45) is 5.92 Å². The van der Waals surface area contributed by atoms with Crippen LogP contribution in [0.5, 0.6) is 0 Å². The molecule has 166 valence electrons. The van der Waals surface area contributed by atoms with Gasteiger partial charge in [-0.25, -0.2) is 8.42 Å². The minimum atomic E-state index is -3.87. The molecule has 1 fully saturated rings. The normalized spacial score (nSPS) is 16.6. The number of sulfonamides is 1. The number of benzene rings is 2. The fraction of sp³-hybridized carbons (Fsp3) is 0.409. The van der Waals surface area contributed by atoms with E-state index in [4.69, 9.17) is 0 Å². The van der Waals surface area contributed by atoms with Crippen molar-refractivity contribution >= 4 is 21.6 Å². The first-order chi connectivity index (χ1) is 14.6. The maximum atomic E-state index is 13.1. The largest absolute Gasteiger partial charge is 0.349 e. The monoisotopic (exact) mass is 445 g/mol. The molecule has 1 aliphatic rings. The lowest BCUT2D eigenvalue weighted by Gasteiger charge is -2.31. The molecular formula is C22H27N3O5S. The lowest BCUT2D eigenvalue weighted by atomic mass is 9.96. The van der Waals surface area contributed by atoms with Crippen LogP contribution >= 0.6 is 0 Å². The zero-order valence-corrected chi connectivity index (χ0v) is 18.7. The van der Waals surface area contributed by atoms with Crippen LogP contribution < -0.4 is 5.32 Å². The van der Waals surface area contributed by atoms with E-state index in [1.807, 2.05) is 38.1 Å². The third-order valence-corrected chi connectivity index (χ3v) is 7.80. The molecule has 0 spiro atoms. The molecular weight excluding hydrogens is 418 g/mol. The van der Waals surface area contributed by atoms with Gasteiger partial charge < -0.3 is 5.32 Å². The Kier molecular flexibility index (Phi) is 6.76. The Morgan fingerprint density at radius 3 is 2.32 bits per heavy atom. The van der Waals surface area contributed by atoms with Crippen LogP contribution in [0.2, 0.25) is 0 Å². The number of hydrogen-bond donors (Lipinski definition) is 1. The van der Waals surface area contributed by atoms with E-state index in [1.54, 1.807) is 6.92 Å². The number of carbonyl (C=O) groups is 1. The Hall–Kier alpha value is -2.78. The van der Waals surface area contributed by atoms with Crippen LogP contribution in [-0.4, -0.2) is 36.6 Å². The number of nitro groups is 1. The first kappa shape index (κ1) is 22.9. The van der Waals surface area contributed by atoms with Crippen LogP contribution in [0.3, 0.4) is 0 Å². The third kappa shape index (κ3) is 5.11. The molecule has 0 bridgehead atoms. The predicted molar refractivity (Wildman–Crippen MR) is 117 cm³/mol. The summed E-state index contributed by atoms with van der Waals surface area (Å²) in [5.74, 6) is -0.359. The molecule has 0 aromatic heterocycles. The lowest BCUT2D eigenvalue weighted by molar-refractivity contribution is -0.385. The van der Waals surface area contributed by atoms with Crippen LogP contribution in [0.25, 0.3) is 0 Å². The number of hydrogen-bond acceptors (Lipinski definition) is 5. The molecule has 2 aromatic rings. The molecule has 9 heteroatoms. The summed E-state index contributed by atoms with van der Waals surface area (Å²) < 4.78 is 27.4. The van der Waals surface area contributed by atoms with Crippen molar-refractivity contribution in [1.82, 2.24) is 9.62 Å². The Balaban J connectivity index is 1.64. The summed E-state index contributed by atoms with van der Waals surface area (Å²) in [6, 6.07) is 11.7.